The van der Waals surface area contributed by atoms with E-state index in [-0.39, 0.29) is 0 Å². The molecule has 1 aliphatic rings. The third kappa shape index (κ3) is 2.62. The predicted octanol–water partition coefficient (Wildman–Crippen LogP) is 2.01. The Morgan fingerprint density at radius 1 is 1.69 bits per heavy atom. The van der Waals surface area contributed by atoms with Gasteiger partial charge in [0, 0.05) is 24.4 Å². The van der Waals surface area contributed by atoms with Gasteiger partial charge in [-0.3, -0.25) is 0 Å². The molecule has 0 bridgehead atoms. The van der Waals surface area contributed by atoms with Crippen LogP contribution in [0.5, 0.6) is 0 Å². The van der Waals surface area contributed by atoms with E-state index in [9.17, 15) is 0 Å². The number of likely N-dealkylation sites (N-methyl/N-ethyl adjacent to an activating group) is 1. The zero-order valence-electron chi connectivity index (χ0n) is 10.2. The molecule has 0 aliphatic carbocycles. The first-order valence-electron chi connectivity index (χ1n) is 5.90. The SMILES string of the molecule is CNC(Cc1csc(C)n1)C1OCCC1C. The van der Waals surface area contributed by atoms with Gasteiger partial charge in [0.05, 0.1) is 16.8 Å². The van der Waals surface area contributed by atoms with E-state index in [2.05, 4.69) is 29.5 Å². The van der Waals surface area contributed by atoms with Gasteiger partial charge in [-0.05, 0) is 26.3 Å². The van der Waals surface area contributed by atoms with Crippen molar-refractivity contribution in [3.8, 4) is 0 Å². The number of nitrogens with zero attached hydrogens (tertiary/aromatic N) is 1. The molecule has 3 atom stereocenters. The molecule has 1 aromatic rings. The topological polar surface area (TPSA) is 34.2 Å². The Labute approximate surface area is 101 Å². The standard InChI is InChI=1S/C12H20N2OS/c1-8-4-5-15-12(8)11(13-3)6-10-7-16-9(2)14-10/h7-8,11-13H,4-6H2,1-3H3. The normalized spacial score (nSPS) is 27.2. The van der Waals surface area contributed by atoms with Crippen molar-refractivity contribution in [2.24, 2.45) is 5.92 Å². The average molecular weight is 240 g/mol. The molecule has 1 N–H and O–H groups in total. The lowest BCUT2D eigenvalue weighted by Gasteiger charge is -2.25. The van der Waals surface area contributed by atoms with Crippen LogP contribution in [-0.4, -0.2) is 30.8 Å². The van der Waals surface area contributed by atoms with Gasteiger partial charge in [-0.2, -0.15) is 0 Å². The van der Waals surface area contributed by atoms with Gasteiger partial charge < -0.3 is 10.1 Å². The van der Waals surface area contributed by atoms with Crippen LogP contribution >= 0.6 is 11.3 Å². The quantitative estimate of drug-likeness (QED) is 0.874. The van der Waals surface area contributed by atoms with Crippen LogP contribution in [0.25, 0.3) is 0 Å². The summed E-state index contributed by atoms with van der Waals surface area (Å²) in [5.41, 5.74) is 1.18. The number of hydrogen-bond acceptors (Lipinski definition) is 4. The second-order valence-electron chi connectivity index (χ2n) is 4.56. The largest absolute Gasteiger partial charge is 0.376 e. The first-order chi connectivity index (χ1) is 7.70. The molecule has 3 nitrogen and oxygen atoms in total. The summed E-state index contributed by atoms with van der Waals surface area (Å²) in [7, 11) is 2.01. The summed E-state index contributed by atoms with van der Waals surface area (Å²) in [5.74, 6) is 0.650. The fraction of sp³-hybridized carbons (Fsp3) is 0.750. The molecule has 90 valence electrons. The maximum absolute atomic E-state index is 5.81. The molecule has 0 saturated carbocycles. The molecule has 1 aliphatic heterocycles. The number of rotatable bonds is 4. The Hall–Kier alpha value is -0.450. The first kappa shape index (κ1) is 12.0. The highest BCUT2D eigenvalue weighted by molar-refractivity contribution is 7.09. The molecule has 16 heavy (non-hydrogen) atoms. The van der Waals surface area contributed by atoms with E-state index in [4.69, 9.17) is 4.74 Å². The van der Waals surface area contributed by atoms with Crippen LogP contribution in [0.15, 0.2) is 5.38 Å². The summed E-state index contributed by atoms with van der Waals surface area (Å²) in [6, 6.07) is 0.388. The molecule has 2 heterocycles. The third-order valence-electron chi connectivity index (χ3n) is 3.31. The lowest BCUT2D eigenvalue weighted by molar-refractivity contribution is 0.0631. The number of ether oxygens (including phenoxy) is 1. The molecule has 0 spiro atoms. The van der Waals surface area contributed by atoms with Gasteiger partial charge in [0.1, 0.15) is 0 Å². The van der Waals surface area contributed by atoms with Crippen molar-refractivity contribution < 1.29 is 4.74 Å². The third-order valence-corrected chi connectivity index (χ3v) is 4.13. The smallest absolute Gasteiger partial charge is 0.0897 e. The van der Waals surface area contributed by atoms with Crippen molar-refractivity contribution in [2.75, 3.05) is 13.7 Å². The van der Waals surface area contributed by atoms with E-state index in [1.165, 1.54) is 12.1 Å². The summed E-state index contributed by atoms with van der Waals surface area (Å²) < 4.78 is 5.81. The Morgan fingerprint density at radius 3 is 3.00 bits per heavy atom. The number of thiazole rings is 1. The lowest BCUT2D eigenvalue weighted by Crippen LogP contribution is -2.42. The van der Waals surface area contributed by atoms with E-state index in [1.54, 1.807) is 11.3 Å². The molecule has 1 aromatic heterocycles. The highest BCUT2D eigenvalue weighted by atomic mass is 32.1. The Balaban J connectivity index is 2.00. The van der Waals surface area contributed by atoms with Crippen molar-refractivity contribution in [3.63, 3.8) is 0 Å². The van der Waals surface area contributed by atoms with Gasteiger partial charge >= 0.3 is 0 Å². The van der Waals surface area contributed by atoms with Crippen LogP contribution < -0.4 is 5.32 Å². The van der Waals surface area contributed by atoms with Crippen molar-refractivity contribution >= 4 is 11.3 Å². The summed E-state index contributed by atoms with van der Waals surface area (Å²) in [4.78, 5) is 4.52. The first-order valence-corrected chi connectivity index (χ1v) is 6.78. The Bertz CT molecular complexity index is 340. The van der Waals surface area contributed by atoms with Crippen molar-refractivity contribution in [1.82, 2.24) is 10.3 Å². The van der Waals surface area contributed by atoms with Gasteiger partial charge in [-0.15, -0.1) is 11.3 Å². The minimum Gasteiger partial charge on any atom is -0.376 e. The maximum atomic E-state index is 5.81. The van der Waals surface area contributed by atoms with Gasteiger partial charge in [-0.25, -0.2) is 4.98 Å². The Kier molecular flexibility index (Phi) is 3.95. The predicted molar refractivity (Wildman–Crippen MR) is 66.9 cm³/mol. The maximum Gasteiger partial charge on any atom is 0.0897 e. The van der Waals surface area contributed by atoms with Crippen LogP contribution in [0.3, 0.4) is 0 Å². The highest BCUT2D eigenvalue weighted by Gasteiger charge is 2.31. The highest BCUT2D eigenvalue weighted by Crippen LogP contribution is 2.24. The monoisotopic (exact) mass is 240 g/mol. The minimum absolute atomic E-state index is 0.340. The molecule has 3 unspecified atom stereocenters. The van der Waals surface area contributed by atoms with Crippen LogP contribution in [0, 0.1) is 12.8 Å². The summed E-state index contributed by atoms with van der Waals surface area (Å²) in [5, 5.41) is 6.67. The minimum atomic E-state index is 0.340. The fourth-order valence-corrected chi connectivity index (χ4v) is 2.97. The molecule has 2 rings (SSSR count). The molecular formula is C12H20N2OS. The van der Waals surface area contributed by atoms with E-state index in [0.29, 0.717) is 18.1 Å². The average Bonchev–Trinajstić information content (AvgIpc) is 2.84. The summed E-state index contributed by atoms with van der Waals surface area (Å²) in [6.45, 7) is 5.23. The van der Waals surface area contributed by atoms with Gasteiger partial charge in [0.15, 0.2) is 0 Å². The molecule has 0 amide bonds. The molecule has 4 heteroatoms. The number of aromatic nitrogens is 1. The van der Waals surface area contributed by atoms with Gasteiger partial charge in [0.2, 0.25) is 0 Å². The summed E-state index contributed by atoms with van der Waals surface area (Å²) >= 11 is 1.72. The van der Waals surface area contributed by atoms with Crippen LogP contribution in [0.1, 0.15) is 24.0 Å². The van der Waals surface area contributed by atoms with Crippen molar-refractivity contribution in [1.29, 1.82) is 0 Å². The van der Waals surface area contributed by atoms with Crippen molar-refractivity contribution in [2.45, 2.75) is 38.8 Å². The van der Waals surface area contributed by atoms with Crippen LogP contribution in [0.2, 0.25) is 0 Å². The number of hydrogen-bond donors (Lipinski definition) is 1. The number of nitrogens with one attached hydrogen (secondary N) is 1. The van der Waals surface area contributed by atoms with E-state index in [0.717, 1.165) is 18.0 Å². The van der Waals surface area contributed by atoms with Gasteiger partial charge in [0.25, 0.3) is 0 Å². The number of aryl methyl sites for hydroxylation is 1. The van der Waals surface area contributed by atoms with Crippen LogP contribution in [0.4, 0.5) is 0 Å². The van der Waals surface area contributed by atoms with E-state index in [1.807, 2.05) is 7.05 Å². The second-order valence-corrected chi connectivity index (χ2v) is 5.62. The second kappa shape index (κ2) is 5.25. The van der Waals surface area contributed by atoms with Crippen molar-refractivity contribution in [3.05, 3.63) is 16.1 Å². The molecular weight excluding hydrogens is 220 g/mol. The zero-order valence-corrected chi connectivity index (χ0v) is 11.0. The molecule has 1 saturated heterocycles. The summed E-state index contributed by atoms with van der Waals surface area (Å²) in [6.07, 6.45) is 2.49. The molecule has 0 aromatic carbocycles. The Morgan fingerprint density at radius 2 is 2.50 bits per heavy atom. The van der Waals surface area contributed by atoms with Crippen LogP contribution in [-0.2, 0) is 11.2 Å². The zero-order chi connectivity index (χ0) is 11.5. The lowest BCUT2D eigenvalue weighted by atomic mass is 9.95. The van der Waals surface area contributed by atoms with E-state index < -0.39 is 0 Å². The molecule has 0 radical (unpaired) electrons. The van der Waals surface area contributed by atoms with E-state index >= 15 is 0 Å². The fourth-order valence-electron chi connectivity index (χ4n) is 2.34. The molecule has 1 fully saturated rings. The van der Waals surface area contributed by atoms with Gasteiger partial charge in [-0.1, -0.05) is 6.92 Å².